The van der Waals surface area contributed by atoms with E-state index in [9.17, 15) is 19.7 Å². The molecule has 0 aromatic heterocycles. The number of ether oxygens (including phenoxy) is 1. The van der Waals surface area contributed by atoms with E-state index in [0.29, 0.717) is 0 Å². The highest BCUT2D eigenvalue weighted by Crippen LogP contribution is 2.25. The monoisotopic (exact) mass is 375 g/mol. The number of hydrogen-bond donors (Lipinski definition) is 2. The molecule has 2 aromatic carbocycles. The van der Waals surface area contributed by atoms with Gasteiger partial charge in [0, 0.05) is 11.0 Å². The van der Waals surface area contributed by atoms with Crippen LogP contribution in [0.2, 0.25) is 0 Å². The first-order valence-corrected chi connectivity index (χ1v) is 8.58. The average molecular weight is 375 g/mol. The molecule has 0 unspecified atom stereocenters. The van der Waals surface area contributed by atoms with E-state index in [1.807, 2.05) is 31.2 Å². The molecule has 0 heterocycles. The van der Waals surface area contributed by atoms with Crippen LogP contribution in [0.5, 0.6) is 5.75 Å². The van der Waals surface area contributed by atoms with Crippen molar-refractivity contribution in [1.82, 2.24) is 10.9 Å². The normalized spacial score (nSPS) is 10.0. The number of thioether (sulfide) groups is 1. The maximum absolute atomic E-state index is 11.8. The van der Waals surface area contributed by atoms with Gasteiger partial charge in [0.2, 0.25) is 5.91 Å². The van der Waals surface area contributed by atoms with Gasteiger partial charge in [-0.1, -0.05) is 30.3 Å². The van der Waals surface area contributed by atoms with Crippen molar-refractivity contribution in [3.8, 4) is 5.75 Å². The second kappa shape index (κ2) is 9.42. The number of nitrogens with one attached hydrogen (secondary N) is 2. The topological polar surface area (TPSA) is 111 Å². The molecule has 2 amide bonds. The van der Waals surface area contributed by atoms with Crippen molar-refractivity contribution in [1.29, 1.82) is 0 Å². The number of aryl methyl sites for hydroxylation is 1. The molecular weight excluding hydrogens is 358 g/mol. The summed E-state index contributed by atoms with van der Waals surface area (Å²) in [6.45, 7) is 1.48. The lowest BCUT2D eigenvalue weighted by molar-refractivity contribution is -0.385. The zero-order valence-corrected chi connectivity index (χ0v) is 14.7. The fourth-order valence-electron chi connectivity index (χ4n) is 1.95. The molecule has 0 atom stereocenters. The van der Waals surface area contributed by atoms with Crippen LogP contribution in [0.15, 0.2) is 53.4 Å². The van der Waals surface area contributed by atoms with Crippen LogP contribution < -0.4 is 15.6 Å². The van der Waals surface area contributed by atoms with Gasteiger partial charge >= 0.3 is 5.69 Å². The van der Waals surface area contributed by atoms with Crippen molar-refractivity contribution in [2.75, 3.05) is 12.4 Å². The lowest BCUT2D eigenvalue weighted by Crippen LogP contribution is -2.44. The van der Waals surface area contributed by atoms with Gasteiger partial charge in [-0.25, -0.2) is 0 Å². The Kier molecular flexibility index (Phi) is 6.98. The van der Waals surface area contributed by atoms with Crippen LogP contribution in [-0.2, 0) is 9.59 Å². The minimum atomic E-state index is -0.627. The lowest BCUT2D eigenvalue weighted by atomic mass is 10.2. The Labute approximate surface area is 154 Å². The van der Waals surface area contributed by atoms with Crippen LogP contribution in [0.4, 0.5) is 5.69 Å². The maximum atomic E-state index is 11.8. The number of benzene rings is 2. The molecule has 0 fully saturated rings. The van der Waals surface area contributed by atoms with Crippen molar-refractivity contribution in [3.63, 3.8) is 0 Å². The predicted molar refractivity (Wildman–Crippen MR) is 96.8 cm³/mol. The largest absolute Gasteiger partial charge is 0.477 e. The molecule has 0 saturated carbocycles. The van der Waals surface area contributed by atoms with E-state index in [1.165, 1.54) is 30.0 Å². The zero-order chi connectivity index (χ0) is 18.9. The van der Waals surface area contributed by atoms with Crippen LogP contribution in [0.25, 0.3) is 0 Å². The number of carbonyl (C=O) groups is 2. The van der Waals surface area contributed by atoms with Gasteiger partial charge < -0.3 is 4.74 Å². The summed E-state index contributed by atoms with van der Waals surface area (Å²) in [6.07, 6.45) is 0. The van der Waals surface area contributed by atoms with Gasteiger partial charge in [0.1, 0.15) is 0 Å². The zero-order valence-electron chi connectivity index (χ0n) is 13.9. The molecule has 9 heteroatoms. The molecule has 0 radical (unpaired) electrons. The fourth-order valence-corrected chi connectivity index (χ4v) is 2.78. The number of nitro groups is 1. The van der Waals surface area contributed by atoms with Crippen LogP contribution in [0.3, 0.4) is 0 Å². The first kappa shape index (κ1) is 19.3. The highest BCUT2D eigenvalue weighted by atomic mass is 32.2. The molecule has 2 N–H and O–H groups in total. The number of amides is 2. The van der Waals surface area contributed by atoms with Crippen LogP contribution in [0.1, 0.15) is 5.56 Å². The molecule has 0 bridgehead atoms. The van der Waals surface area contributed by atoms with E-state index in [1.54, 1.807) is 6.07 Å². The van der Waals surface area contributed by atoms with Gasteiger partial charge in [0.25, 0.3) is 5.91 Å². The minimum absolute atomic E-state index is 0.0194. The first-order chi connectivity index (χ1) is 12.5. The fraction of sp³-hybridized carbons (Fsp3) is 0.176. The second-order valence-corrected chi connectivity index (χ2v) is 6.18. The Morgan fingerprint density at radius 3 is 2.46 bits per heavy atom. The Bertz CT molecular complexity index is 812. The van der Waals surface area contributed by atoms with Gasteiger partial charge in [-0.3, -0.25) is 30.6 Å². The molecule has 2 aromatic rings. The van der Waals surface area contributed by atoms with E-state index in [-0.39, 0.29) is 23.1 Å². The summed E-state index contributed by atoms with van der Waals surface area (Å²) >= 11 is 1.35. The van der Waals surface area contributed by atoms with Gasteiger partial charge in [-0.15, -0.1) is 11.8 Å². The number of carbonyl (C=O) groups excluding carboxylic acids is 2. The Hall–Kier alpha value is -3.07. The van der Waals surface area contributed by atoms with E-state index < -0.39 is 17.4 Å². The smallest absolute Gasteiger partial charge is 0.310 e. The summed E-state index contributed by atoms with van der Waals surface area (Å²) < 4.78 is 5.13. The van der Waals surface area contributed by atoms with E-state index in [2.05, 4.69) is 10.9 Å². The summed E-state index contributed by atoms with van der Waals surface area (Å²) in [4.78, 5) is 34.7. The SMILES string of the molecule is Cc1ccccc1SCC(=O)NNC(=O)COc1ccccc1[N+](=O)[O-]. The number of nitrogens with zero attached hydrogens (tertiary/aromatic N) is 1. The third-order valence-electron chi connectivity index (χ3n) is 3.21. The second-order valence-electron chi connectivity index (χ2n) is 5.16. The summed E-state index contributed by atoms with van der Waals surface area (Å²) in [5, 5.41) is 10.9. The third-order valence-corrected chi connectivity index (χ3v) is 4.39. The first-order valence-electron chi connectivity index (χ1n) is 7.59. The van der Waals surface area contributed by atoms with Crippen molar-refractivity contribution in [3.05, 3.63) is 64.2 Å². The van der Waals surface area contributed by atoms with Crippen LogP contribution in [-0.4, -0.2) is 29.1 Å². The third kappa shape index (κ3) is 5.78. The molecule has 8 nitrogen and oxygen atoms in total. The van der Waals surface area contributed by atoms with Gasteiger partial charge in [0.05, 0.1) is 10.7 Å². The minimum Gasteiger partial charge on any atom is -0.477 e. The molecule has 0 spiro atoms. The molecule has 0 aliphatic carbocycles. The van der Waals surface area contributed by atoms with Crippen molar-refractivity contribution in [2.24, 2.45) is 0 Å². The van der Waals surface area contributed by atoms with Crippen molar-refractivity contribution >= 4 is 29.3 Å². The van der Waals surface area contributed by atoms with Crippen LogP contribution >= 0.6 is 11.8 Å². The Balaban J connectivity index is 1.74. The Morgan fingerprint density at radius 1 is 1.08 bits per heavy atom. The summed E-state index contributed by atoms with van der Waals surface area (Å²) in [5.74, 6) is -0.889. The number of hydrazine groups is 1. The summed E-state index contributed by atoms with van der Waals surface area (Å²) in [5.41, 5.74) is 5.30. The molecule has 0 saturated heterocycles. The predicted octanol–water partition coefficient (Wildman–Crippen LogP) is 2.22. The van der Waals surface area contributed by atoms with Gasteiger partial charge in [-0.2, -0.15) is 0 Å². The molecule has 0 aliphatic rings. The molecule has 136 valence electrons. The summed E-state index contributed by atoms with van der Waals surface area (Å²) in [6, 6.07) is 13.4. The van der Waals surface area contributed by atoms with Crippen LogP contribution in [0, 0.1) is 17.0 Å². The van der Waals surface area contributed by atoms with Crippen molar-refractivity contribution in [2.45, 2.75) is 11.8 Å². The standard InChI is InChI=1S/C17H17N3O5S/c1-12-6-2-5-9-15(12)26-11-17(22)19-18-16(21)10-25-14-8-4-3-7-13(14)20(23)24/h2-9H,10-11H2,1H3,(H,18,21)(H,19,22). The van der Waals surface area contributed by atoms with Gasteiger partial charge in [0.15, 0.2) is 12.4 Å². The van der Waals surface area contributed by atoms with Gasteiger partial charge in [-0.05, 0) is 24.6 Å². The summed E-state index contributed by atoms with van der Waals surface area (Å²) in [7, 11) is 0. The number of hydrogen-bond acceptors (Lipinski definition) is 6. The maximum Gasteiger partial charge on any atom is 0.310 e. The van der Waals surface area contributed by atoms with Crippen molar-refractivity contribution < 1.29 is 19.2 Å². The van der Waals surface area contributed by atoms with E-state index >= 15 is 0 Å². The number of rotatable bonds is 7. The number of nitro benzene ring substituents is 1. The molecule has 0 aliphatic heterocycles. The highest BCUT2D eigenvalue weighted by Gasteiger charge is 2.15. The lowest BCUT2D eigenvalue weighted by Gasteiger charge is -2.09. The molecule has 2 rings (SSSR count). The highest BCUT2D eigenvalue weighted by molar-refractivity contribution is 8.00. The average Bonchev–Trinajstić information content (AvgIpc) is 2.64. The molecule has 26 heavy (non-hydrogen) atoms. The Morgan fingerprint density at radius 2 is 1.73 bits per heavy atom. The van der Waals surface area contributed by atoms with E-state index in [4.69, 9.17) is 4.74 Å². The molecular formula is C17H17N3O5S. The van der Waals surface area contributed by atoms with E-state index in [0.717, 1.165) is 10.5 Å². The quantitative estimate of drug-likeness (QED) is 0.436. The number of para-hydroxylation sites is 2.